The van der Waals surface area contributed by atoms with E-state index in [-0.39, 0.29) is 5.60 Å². The van der Waals surface area contributed by atoms with Gasteiger partial charge in [0.25, 0.3) is 0 Å². The fourth-order valence-corrected chi connectivity index (χ4v) is 1.92. The highest BCUT2D eigenvalue weighted by atomic mass is 16.5. The molecule has 0 saturated heterocycles. The predicted molar refractivity (Wildman–Crippen MR) is 77.9 cm³/mol. The lowest BCUT2D eigenvalue weighted by Crippen LogP contribution is -2.38. The first-order valence-corrected chi connectivity index (χ1v) is 6.89. The Hall–Kier alpha value is -0.860. The molecule has 0 amide bonds. The highest BCUT2D eigenvalue weighted by Gasteiger charge is 2.18. The average molecular weight is 249 g/mol. The second kappa shape index (κ2) is 6.91. The van der Waals surface area contributed by atoms with E-state index in [9.17, 15) is 0 Å². The van der Waals surface area contributed by atoms with Gasteiger partial charge in [-0.2, -0.15) is 0 Å². The molecule has 0 spiro atoms. The van der Waals surface area contributed by atoms with Gasteiger partial charge >= 0.3 is 0 Å². The maximum Gasteiger partial charge on any atom is 0.0746 e. The molecule has 102 valence electrons. The lowest BCUT2D eigenvalue weighted by molar-refractivity contribution is 0.0209. The summed E-state index contributed by atoms with van der Waals surface area (Å²) < 4.78 is 5.44. The van der Waals surface area contributed by atoms with Gasteiger partial charge in [-0.3, -0.25) is 0 Å². The van der Waals surface area contributed by atoms with Crippen LogP contribution in [0.1, 0.15) is 51.3 Å². The quantitative estimate of drug-likeness (QED) is 0.795. The van der Waals surface area contributed by atoms with Gasteiger partial charge in [-0.25, -0.2) is 0 Å². The zero-order valence-corrected chi connectivity index (χ0v) is 12.4. The van der Waals surface area contributed by atoms with Gasteiger partial charge in [0.15, 0.2) is 0 Å². The summed E-state index contributed by atoms with van der Waals surface area (Å²) in [5.41, 5.74) is 2.64. The van der Waals surface area contributed by atoms with Crippen LogP contribution >= 0.6 is 0 Å². The summed E-state index contributed by atoms with van der Waals surface area (Å²) in [6, 6.07) is 9.33. The van der Waals surface area contributed by atoms with E-state index >= 15 is 0 Å². The van der Waals surface area contributed by atoms with Crippen LogP contribution < -0.4 is 5.32 Å². The fraction of sp³-hybridized carbons (Fsp3) is 0.625. The number of ether oxygens (including phenoxy) is 1. The van der Waals surface area contributed by atoms with E-state index in [0.29, 0.717) is 6.04 Å². The standard InChI is InChI=1S/C16H27NO/c1-6-13-8-10-14(11-9-13)15(7-2)17-12-16(3,4)18-5/h8-11,15,17H,6-7,12H2,1-5H3. The molecule has 1 aromatic rings. The van der Waals surface area contributed by atoms with Gasteiger partial charge in [0.1, 0.15) is 0 Å². The summed E-state index contributed by atoms with van der Waals surface area (Å²) in [6.45, 7) is 9.47. The maximum absolute atomic E-state index is 5.44. The van der Waals surface area contributed by atoms with Crippen LogP contribution in [0.2, 0.25) is 0 Å². The normalized spacial score (nSPS) is 13.6. The van der Waals surface area contributed by atoms with Crippen LogP contribution in [0.25, 0.3) is 0 Å². The van der Waals surface area contributed by atoms with Gasteiger partial charge in [-0.15, -0.1) is 0 Å². The third-order valence-corrected chi connectivity index (χ3v) is 3.53. The molecule has 1 unspecified atom stereocenters. The van der Waals surface area contributed by atoms with Gasteiger partial charge in [0.2, 0.25) is 0 Å². The summed E-state index contributed by atoms with van der Waals surface area (Å²) in [7, 11) is 1.76. The Labute approximate surface area is 112 Å². The van der Waals surface area contributed by atoms with Crippen molar-refractivity contribution in [3.8, 4) is 0 Å². The van der Waals surface area contributed by atoms with Crippen LogP contribution in [0.15, 0.2) is 24.3 Å². The lowest BCUT2D eigenvalue weighted by atomic mass is 10.0. The van der Waals surface area contributed by atoms with Gasteiger partial charge in [-0.05, 0) is 37.8 Å². The minimum Gasteiger partial charge on any atom is -0.377 e. The highest BCUT2D eigenvalue weighted by Crippen LogP contribution is 2.18. The van der Waals surface area contributed by atoms with Crippen LogP contribution in [0.4, 0.5) is 0 Å². The van der Waals surface area contributed by atoms with E-state index in [1.165, 1.54) is 11.1 Å². The summed E-state index contributed by atoms with van der Waals surface area (Å²) >= 11 is 0. The van der Waals surface area contributed by atoms with Crippen LogP contribution in [-0.2, 0) is 11.2 Å². The van der Waals surface area contributed by atoms with Crippen molar-refractivity contribution < 1.29 is 4.74 Å². The molecule has 0 fully saturated rings. The number of benzene rings is 1. The molecule has 0 aliphatic rings. The number of hydrogen-bond acceptors (Lipinski definition) is 2. The van der Waals surface area contributed by atoms with Gasteiger partial charge in [-0.1, -0.05) is 38.1 Å². The van der Waals surface area contributed by atoms with Crippen LogP contribution in [0.3, 0.4) is 0 Å². The van der Waals surface area contributed by atoms with E-state index in [4.69, 9.17) is 4.74 Å². The Kier molecular flexibility index (Phi) is 5.83. The Balaban J connectivity index is 2.65. The molecule has 2 heteroatoms. The molecule has 18 heavy (non-hydrogen) atoms. The molecular formula is C16H27NO. The lowest BCUT2D eigenvalue weighted by Gasteiger charge is -2.27. The van der Waals surface area contributed by atoms with Crippen LogP contribution in [0.5, 0.6) is 0 Å². The van der Waals surface area contributed by atoms with Gasteiger partial charge in [0, 0.05) is 19.7 Å². The Morgan fingerprint density at radius 2 is 1.78 bits per heavy atom. The first-order valence-electron chi connectivity index (χ1n) is 6.89. The molecular weight excluding hydrogens is 222 g/mol. The topological polar surface area (TPSA) is 21.3 Å². The molecule has 0 aliphatic carbocycles. The Bertz CT molecular complexity index is 343. The third-order valence-electron chi connectivity index (χ3n) is 3.53. The largest absolute Gasteiger partial charge is 0.377 e. The zero-order valence-electron chi connectivity index (χ0n) is 12.4. The molecule has 0 aromatic heterocycles. The predicted octanol–water partition coefficient (Wildman–Crippen LogP) is 3.71. The average Bonchev–Trinajstić information content (AvgIpc) is 2.40. The van der Waals surface area contributed by atoms with Gasteiger partial charge < -0.3 is 10.1 Å². The van der Waals surface area contributed by atoms with E-state index < -0.39 is 0 Å². The summed E-state index contributed by atoms with van der Waals surface area (Å²) in [5.74, 6) is 0. The molecule has 1 atom stereocenters. The van der Waals surface area contributed by atoms with Crippen LogP contribution in [-0.4, -0.2) is 19.3 Å². The number of methoxy groups -OCH3 is 1. The fourth-order valence-electron chi connectivity index (χ4n) is 1.92. The second-order valence-corrected chi connectivity index (χ2v) is 5.40. The maximum atomic E-state index is 5.44. The summed E-state index contributed by atoms with van der Waals surface area (Å²) in [5, 5.41) is 3.59. The zero-order chi connectivity index (χ0) is 13.6. The van der Waals surface area contributed by atoms with E-state index in [1.54, 1.807) is 7.11 Å². The van der Waals surface area contributed by atoms with Crippen molar-refractivity contribution in [1.29, 1.82) is 0 Å². The molecule has 0 aliphatic heterocycles. The molecule has 2 nitrogen and oxygen atoms in total. The smallest absolute Gasteiger partial charge is 0.0746 e. The Morgan fingerprint density at radius 3 is 2.22 bits per heavy atom. The number of nitrogens with one attached hydrogen (secondary N) is 1. The molecule has 0 heterocycles. The van der Waals surface area contributed by atoms with E-state index in [0.717, 1.165) is 19.4 Å². The first-order chi connectivity index (χ1) is 8.52. The molecule has 0 radical (unpaired) electrons. The van der Waals surface area contributed by atoms with Crippen LogP contribution in [0, 0.1) is 0 Å². The number of hydrogen-bond donors (Lipinski definition) is 1. The molecule has 1 N–H and O–H groups in total. The van der Waals surface area contributed by atoms with Crippen molar-refractivity contribution in [3.05, 3.63) is 35.4 Å². The van der Waals surface area contributed by atoms with Crippen molar-refractivity contribution in [3.63, 3.8) is 0 Å². The van der Waals surface area contributed by atoms with Crippen molar-refractivity contribution in [2.24, 2.45) is 0 Å². The third kappa shape index (κ3) is 4.43. The second-order valence-electron chi connectivity index (χ2n) is 5.40. The minimum atomic E-state index is -0.114. The molecule has 1 rings (SSSR count). The van der Waals surface area contributed by atoms with Crippen molar-refractivity contribution in [1.82, 2.24) is 5.32 Å². The molecule has 1 aromatic carbocycles. The summed E-state index contributed by atoms with van der Waals surface area (Å²) in [4.78, 5) is 0. The molecule has 0 saturated carbocycles. The number of aryl methyl sites for hydroxylation is 1. The number of rotatable bonds is 7. The van der Waals surface area contributed by atoms with Crippen molar-refractivity contribution >= 4 is 0 Å². The first kappa shape index (κ1) is 15.2. The van der Waals surface area contributed by atoms with Crippen molar-refractivity contribution in [2.45, 2.75) is 52.2 Å². The minimum absolute atomic E-state index is 0.114. The van der Waals surface area contributed by atoms with E-state index in [2.05, 4.69) is 57.3 Å². The highest BCUT2D eigenvalue weighted by molar-refractivity contribution is 5.25. The Morgan fingerprint density at radius 1 is 1.17 bits per heavy atom. The summed E-state index contributed by atoms with van der Waals surface area (Å²) in [6.07, 6.45) is 2.19. The molecule has 0 bridgehead atoms. The van der Waals surface area contributed by atoms with Crippen molar-refractivity contribution in [2.75, 3.05) is 13.7 Å². The van der Waals surface area contributed by atoms with Gasteiger partial charge in [0.05, 0.1) is 5.60 Å². The SMILES string of the molecule is CCc1ccc(C(CC)NCC(C)(C)OC)cc1. The monoisotopic (exact) mass is 249 g/mol. The van der Waals surface area contributed by atoms with E-state index in [1.807, 2.05) is 0 Å².